The highest BCUT2D eigenvalue weighted by Gasteiger charge is 2.45. The van der Waals surface area contributed by atoms with Gasteiger partial charge in [0.15, 0.2) is 0 Å². The number of likely N-dealkylation sites (N-methyl/N-ethyl adjacent to an activating group) is 1. The summed E-state index contributed by atoms with van der Waals surface area (Å²) in [5.74, 6) is 0.117. The second-order valence-electron chi connectivity index (χ2n) is 3.96. The van der Waals surface area contributed by atoms with Gasteiger partial charge in [-0.05, 0) is 20.4 Å². The van der Waals surface area contributed by atoms with Crippen LogP contribution in [0, 0.1) is 0 Å². The van der Waals surface area contributed by atoms with Gasteiger partial charge in [-0.15, -0.1) is 0 Å². The highest BCUT2D eigenvalue weighted by atomic mass is 16.3. The Bertz CT molecular complexity index is 206. The summed E-state index contributed by atoms with van der Waals surface area (Å²) < 4.78 is 0. The third kappa shape index (κ3) is 2.07. The van der Waals surface area contributed by atoms with E-state index in [0.717, 1.165) is 12.8 Å². The van der Waals surface area contributed by atoms with Crippen molar-refractivity contribution in [3.05, 3.63) is 0 Å². The van der Waals surface area contributed by atoms with Crippen LogP contribution in [0.4, 0.5) is 0 Å². The molecule has 0 spiro atoms. The summed E-state index contributed by atoms with van der Waals surface area (Å²) in [5, 5.41) is 12.3. The Morgan fingerprint density at radius 1 is 1.64 bits per heavy atom. The van der Waals surface area contributed by atoms with Crippen molar-refractivity contribution in [2.24, 2.45) is 0 Å². The Hall–Kier alpha value is -0.610. The van der Waals surface area contributed by atoms with Gasteiger partial charge in [-0.25, -0.2) is 0 Å². The molecule has 2 unspecified atom stereocenters. The fraction of sp³-hybridized carbons (Fsp3) is 0.900. The number of nitrogens with zero attached hydrogens (tertiary/aromatic N) is 1. The molecule has 1 fully saturated rings. The van der Waals surface area contributed by atoms with Gasteiger partial charge in [0.05, 0.1) is 12.1 Å². The van der Waals surface area contributed by atoms with E-state index in [1.54, 1.807) is 11.8 Å². The van der Waals surface area contributed by atoms with Crippen LogP contribution in [0.5, 0.6) is 0 Å². The lowest BCUT2D eigenvalue weighted by molar-refractivity contribution is -0.153. The van der Waals surface area contributed by atoms with Gasteiger partial charge < -0.3 is 15.3 Å². The molecule has 0 aromatic heterocycles. The third-order valence-corrected chi connectivity index (χ3v) is 2.69. The summed E-state index contributed by atoms with van der Waals surface area (Å²) in [6.07, 6.45) is 1.63. The summed E-state index contributed by atoms with van der Waals surface area (Å²) in [5.41, 5.74) is 0. The van der Waals surface area contributed by atoms with E-state index in [-0.39, 0.29) is 18.0 Å². The zero-order valence-corrected chi connectivity index (χ0v) is 9.16. The number of hydrogen-bond donors (Lipinski definition) is 2. The fourth-order valence-electron chi connectivity index (χ4n) is 2.05. The van der Waals surface area contributed by atoms with E-state index in [1.807, 2.05) is 7.05 Å². The summed E-state index contributed by atoms with van der Waals surface area (Å²) in [6.45, 7) is 4.28. The predicted molar refractivity (Wildman–Crippen MR) is 54.9 cm³/mol. The van der Waals surface area contributed by atoms with Gasteiger partial charge in [0.1, 0.15) is 6.04 Å². The van der Waals surface area contributed by atoms with Gasteiger partial charge in [0.2, 0.25) is 5.91 Å². The minimum atomic E-state index is -0.434. The summed E-state index contributed by atoms with van der Waals surface area (Å²) >= 11 is 0. The van der Waals surface area contributed by atoms with Crippen molar-refractivity contribution < 1.29 is 9.90 Å². The molecule has 3 atom stereocenters. The SMILES string of the molecule is CCCC1[C@H](NC)C(=O)N1CC(C)O. The van der Waals surface area contributed by atoms with Gasteiger partial charge >= 0.3 is 0 Å². The number of nitrogens with one attached hydrogen (secondary N) is 1. The molecule has 1 rings (SSSR count). The van der Waals surface area contributed by atoms with E-state index in [2.05, 4.69) is 12.2 Å². The van der Waals surface area contributed by atoms with Crippen LogP contribution < -0.4 is 5.32 Å². The number of likely N-dealkylation sites (tertiary alicyclic amines) is 1. The van der Waals surface area contributed by atoms with Crippen LogP contribution in [0.2, 0.25) is 0 Å². The highest BCUT2D eigenvalue weighted by Crippen LogP contribution is 2.24. The molecule has 0 aromatic carbocycles. The Morgan fingerprint density at radius 3 is 2.71 bits per heavy atom. The van der Waals surface area contributed by atoms with Gasteiger partial charge in [0, 0.05) is 6.54 Å². The zero-order chi connectivity index (χ0) is 10.7. The second kappa shape index (κ2) is 4.75. The van der Waals surface area contributed by atoms with Crippen molar-refractivity contribution in [2.45, 2.75) is 44.9 Å². The maximum Gasteiger partial charge on any atom is 0.242 e. The number of amides is 1. The molecule has 0 aromatic rings. The first-order chi connectivity index (χ1) is 6.61. The summed E-state index contributed by atoms with van der Waals surface area (Å²) in [4.78, 5) is 13.3. The number of carbonyl (C=O) groups is 1. The highest BCUT2D eigenvalue weighted by molar-refractivity contribution is 5.89. The van der Waals surface area contributed by atoms with E-state index in [1.165, 1.54) is 0 Å². The first-order valence-electron chi connectivity index (χ1n) is 5.27. The Labute approximate surface area is 85.3 Å². The van der Waals surface area contributed by atoms with Crippen LogP contribution >= 0.6 is 0 Å². The molecule has 1 amide bonds. The third-order valence-electron chi connectivity index (χ3n) is 2.69. The predicted octanol–water partition coefficient (Wildman–Crippen LogP) is -0.0339. The van der Waals surface area contributed by atoms with Crippen molar-refractivity contribution in [1.29, 1.82) is 0 Å². The van der Waals surface area contributed by atoms with Gasteiger partial charge in [-0.1, -0.05) is 13.3 Å². The van der Waals surface area contributed by atoms with Crippen LogP contribution in [-0.2, 0) is 4.79 Å². The van der Waals surface area contributed by atoms with Crippen LogP contribution in [0.15, 0.2) is 0 Å². The van der Waals surface area contributed by atoms with Gasteiger partial charge in [-0.3, -0.25) is 4.79 Å². The smallest absolute Gasteiger partial charge is 0.242 e. The molecule has 1 heterocycles. The fourth-order valence-corrected chi connectivity index (χ4v) is 2.05. The molecule has 0 radical (unpaired) electrons. The summed E-state index contributed by atoms with van der Waals surface area (Å²) in [7, 11) is 1.81. The van der Waals surface area contributed by atoms with E-state index < -0.39 is 6.10 Å². The van der Waals surface area contributed by atoms with E-state index >= 15 is 0 Å². The number of aliphatic hydroxyl groups is 1. The lowest BCUT2D eigenvalue weighted by Gasteiger charge is -2.47. The molecule has 0 aliphatic carbocycles. The largest absolute Gasteiger partial charge is 0.392 e. The van der Waals surface area contributed by atoms with E-state index in [0.29, 0.717) is 6.54 Å². The maximum atomic E-state index is 11.6. The van der Waals surface area contributed by atoms with Crippen LogP contribution in [0.25, 0.3) is 0 Å². The number of aliphatic hydroxyl groups excluding tert-OH is 1. The molecule has 1 aliphatic rings. The molecule has 82 valence electrons. The number of rotatable bonds is 5. The molecule has 1 saturated heterocycles. The zero-order valence-electron chi connectivity index (χ0n) is 9.16. The lowest BCUT2D eigenvalue weighted by Crippen LogP contribution is -2.70. The number of hydrogen-bond acceptors (Lipinski definition) is 3. The topological polar surface area (TPSA) is 52.6 Å². The number of β-amino-alcohol motifs (C(OH)–C–C–N with tert-alkyl or cyclic N) is 1. The minimum absolute atomic E-state index is 0.0336. The van der Waals surface area contributed by atoms with Gasteiger partial charge in [-0.2, -0.15) is 0 Å². The molecule has 0 saturated carbocycles. The Balaban J connectivity index is 2.53. The Kier molecular flexibility index (Phi) is 3.89. The number of β-lactam (4-membered cyclic amide) rings is 1. The van der Waals surface area contributed by atoms with Crippen molar-refractivity contribution in [1.82, 2.24) is 10.2 Å². The summed E-state index contributed by atoms with van der Waals surface area (Å²) in [6, 6.07) is 0.237. The number of carbonyl (C=O) groups excluding carboxylic acids is 1. The quantitative estimate of drug-likeness (QED) is 0.613. The first-order valence-corrected chi connectivity index (χ1v) is 5.27. The van der Waals surface area contributed by atoms with Gasteiger partial charge in [0.25, 0.3) is 0 Å². The molecule has 4 nitrogen and oxygen atoms in total. The van der Waals surface area contributed by atoms with Crippen LogP contribution in [0.3, 0.4) is 0 Å². The van der Waals surface area contributed by atoms with E-state index in [4.69, 9.17) is 0 Å². The molecular weight excluding hydrogens is 180 g/mol. The van der Waals surface area contributed by atoms with E-state index in [9.17, 15) is 9.90 Å². The molecule has 4 heteroatoms. The van der Waals surface area contributed by atoms with Crippen molar-refractivity contribution in [2.75, 3.05) is 13.6 Å². The van der Waals surface area contributed by atoms with Crippen molar-refractivity contribution in [3.8, 4) is 0 Å². The average Bonchev–Trinajstić information content (AvgIpc) is 2.14. The van der Waals surface area contributed by atoms with Crippen LogP contribution in [0.1, 0.15) is 26.7 Å². The van der Waals surface area contributed by atoms with Crippen LogP contribution in [-0.4, -0.2) is 47.7 Å². The second-order valence-corrected chi connectivity index (χ2v) is 3.96. The minimum Gasteiger partial charge on any atom is -0.392 e. The van der Waals surface area contributed by atoms with Crippen molar-refractivity contribution in [3.63, 3.8) is 0 Å². The standard InChI is InChI=1S/C10H20N2O2/c1-4-5-8-9(11-3)10(14)12(8)6-7(2)13/h7-9,11,13H,4-6H2,1-3H3/t7?,8?,9-/m0/s1. The Morgan fingerprint density at radius 2 is 2.29 bits per heavy atom. The average molecular weight is 200 g/mol. The molecular formula is C10H20N2O2. The molecule has 1 aliphatic heterocycles. The molecule has 2 N–H and O–H groups in total. The molecule has 0 bridgehead atoms. The lowest BCUT2D eigenvalue weighted by atomic mass is 9.91. The normalized spacial score (nSPS) is 28.9. The molecule has 14 heavy (non-hydrogen) atoms. The maximum absolute atomic E-state index is 11.6. The first kappa shape index (κ1) is 11.5. The monoisotopic (exact) mass is 200 g/mol. The van der Waals surface area contributed by atoms with Crippen molar-refractivity contribution >= 4 is 5.91 Å².